The van der Waals surface area contributed by atoms with Crippen molar-refractivity contribution in [1.29, 1.82) is 0 Å². The molecule has 2 aliphatic carbocycles. The summed E-state index contributed by atoms with van der Waals surface area (Å²) in [4.78, 5) is 13.0. The Hall–Kier alpha value is -2.31. The van der Waals surface area contributed by atoms with E-state index < -0.39 is 5.41 Å². The molecular weight excluding hydrogens is 470 g/mol. The maximum atomic E-state index is 13.4. The van der Waals surface area contributed by atoms with Gasteiger partial charge in [0.15, 0.2) is 11.5 Å². The molecule has 3 aliphatic rings. The topological polar surface area (TPSA) is 58.6 Å². The van der Waals surface area contributed by atoms with Gasteiger partial charge in [0.25, 0.3) is 0 Å². The number of carbonyl (C=O) groups excluding carboxylic acids is 1. The summed E-state index contributed by atoms with van der Waals surface area (Å²) in [6.45, 7) is 1.85. The highest BCUT2D eigenvalue weighted by atomic mass is 79.9. The first-order valence-corrected chi connectivity index (χ1v) is 11.0. The molecule has 6 heteroatoms. The van der Waals surface area contributed by atoms with Gasteiger partial charge in [-0.1, -0.05) is 42.1 Å². The number of rotatable bonds is 4. The number of allylic oxidation sites excluding steroid dienone is 1. The van der Waals surface area contributed by atoms with Crippen LogP contribution >= 0.6 is 17.0 Å². The van der Waals surface area contributed by atoms with Crippen LogP contribution in [0.4, 0.5) is 0 Å². The van der Waals surface area contributed by atoms with Gasteiger partial charge in [0.1, 0.15) is 18.3 Å². The van der Waals surface area contributed by atoms with Crippen LogP contribution in [0.3, 0.4) is 0 Å². The monoisotopic (exact) mass is 499 g/mol. The third-order valence-electron chi connectivity index (χ3n) is 7.97. The zero-order chi connectivity index (χ0) is 21.8. The first kappa shape index (κ1) is 22.9. The highest BCUT2D eigenvalue weighted by Gasteiger charge is 2.60. The molecule has 1 saturated heterocycles. The minimum atomic E-state index is -0.475. The summed E-state index contributed by atoms with van der Waals surface area (Å²) in [6.07, 6.45) is 3.96. The molecule has 0 spiro atoms. The minimum Gasteiger partial charge on any atom is -0.870 e. The van der Waals surface area contributed by atoms with Gasteiger partial charge in [0.05, 0.1) is 27.8 Å². The van der Waals surface area contributed by atoms with E-state index in [0.717, 1.165) is 41.5 Å². The van der Waals surface area contributed by atoms with Crippen molar-refractivity contribution < 1.29 is 23.9 Å². The number of nitrogens with zero attached hydrogens (tertiary/aromatic N) is 1. The number of piperidine rings is 1. The van der Waals surface area contributed by atoms with E-state index in [0.29, 0.717) is 17.9 Å². The van der Waals surface area contributed by atoms with Crippen molar-refractivity contribution >= 4 is 22.8 Å². The second-order valence-electron chi connectivity index (χ2n) is 9.52. The van der Waals surface area contributed by atoms with Gasteiger partial charge in [-0.15, -0.1) is 17.0 Å². The Bertz CT molecular complexity index is 1070. The van der Waals surface area contributed by atoms with Crippen LogP contribution in [0.5, 0.6) is 11.5 Å². The van der Waals surface area contributed by atoms with Crippen molar-refractivity contribution in [2.45, 2.75) is 37.3 Å². The van der Waals surface area contributed by atoms with Gasteiger partial charge in [0, 0.05) is 36.2 Å². The van der Waals surface area contributed by atoms with Gasteiger partial charge in [0.2, 0.25) is 0 Å². The Balaban J connectivity index is 0.00000245. The number of benzene rings is 2. The summed E-state index contributed by atoms with van der Waals surface area (Å²) in [6, 6.07) is 14.7. The van der Waals surface area contributed by atoms with Crippen LogP contribution in [0.15, 0.2) is 54.3 Å². The second kappa shape index (κ2) is 8.23. The number of likely N-dealkylation sites (N-methyl/N-ethyl adjacent to an activating group) is 1. The summed E-state index contributed by atoms with van der Waals surface area (Å²) in [5.41, 5.74) is 2.72. The fraction of sp³-hybridized carbons (Fsp3) is 0.423. The smallest absolute Gasteiger partial charge is 0.197 e. The van der Waals surface area contributed by atoms with E-state index in [-0.39, 0.29) is 40.5 Å². The molecule has 0 saturated carbocycles. The molecule has 4 atom stereocenters. The summed E-state index contributed by atoms with van der Waals surface area (Å²) in [5.74, 6) is 0.829. The van der Waals surface area contributed by atoms with E-state index in [2.05, 4.69) is 31.3 Å². The van der Waals surface area contributed by atoms with Crippen molar-refractivity contribution in [2.75, 3.05) is 27.8 Å². The van der Waals surface area contributed by atoms with Gasteiger partial charge < -0.3 is 19.1 Å². The van der Waals surface area contributed by atoms with Crippen molar-refractivity contribution in [2.24, 2.45) is 5.92 Å². The van der Waals surface area contributed by atoms with Gasteiger partial charge in [-0.25, -0.2) is 0 Å². The number of hydrogen-bond donors (Lipinski definition) is 0. The third-order valence-corrected chi connectivity index (χ3v) is 7.97. The van der Waals surface area contributed by atoms with Crippen LogP contribution in [0.2, 0.25) is 0 Å². The molecular formula is C26H30BrNO4. The number of quaternary nitrogens is 1. The molecule has 5 nitrogen and oxygen atoms in total. The molecule has 1 fully saturated rings. The fourth-order valence-electron chi connectivity index (χ4n) is 6.46. The number of methoxy groups -OCH3 is 2. The molecule has 0 N–H and O–H groups in total. The van der Waals surface area contributed by atoms with E-state index in [1.54, 1.807) is 13.2 Å². The molecule has 1 unspecified atom stereocenters. The predicted octanol–water partition coefficient (Wildman–Crippen LogP) is 3.68. The maximum Gasteiger partial charge on any atom is 0.197 e. The summed E-state index contributed by atoms with van der Waals surface area (Å²) >= 11 is 0. The number of carbonyl (C=O) groups is 1. The fourth-order valence-corrected chi connectivity index (χ4v) is 6.46. The summed E-state index contributed by atoms with van der Waals surface area (Å²) in [5, 5.41) is 13.4. The van der Waals surface area contributed by atoms with Crippen LogP contribution in [-0.4, -0.2) is 44.1 Å². The lowest BCUT2D eigenvalue weighted by atomic mass is 9.53. The van der Waals surface area contributed by atoms with Gasteiger partial charge in [-0.2, -0.15) is 0 Å². The van der Waals surface area contributed by atoms with Crippen molar-refractivity contribution in [3.05, 3.63) is 71.0 Å². The standard InChI is InChI=1S/C26H29NO4.BrH/c1-27(16-17-7-5-4-6-8-17)12-11-26-15-21(28)23(31-3)14-19(26)20(27)13-18-9-10-22(30-2)25(29)24(18)26;/h4-10,14,19-20H,11-13,15-16H2,1-3H3;1H/t19-,20+,26-,27?;/m0./s1. The molecule has 1 heterocycles. The molecule has 1 aliphatic heterocycles. The first-order valence-electron chi connectivity index (χ1n) is 11.0. The number of fused-ring (bicyclic) bond motifs is 1. The number of likely N-dealkylation sites (tertiary alicyclic amines) is 1. The lowest BCUT2D eigenvalue weighted by Crippen LogP contribution is -2.68. The van der Waals surface area contributed by atoms with E-state index >= 15 is 0 Å². The predicted molar refractivity (Wildman–Crippen MR) is 126 cm³/mol. The van der Waals surface area contributed by atoms with E-state index in [4.69, 9.17) is 9.47 Å². The molecule has 2 bridgehead atoms. The number of ketones is 1. The van der Waals surface area contributed by atoms with Crippen LogP contribution < -0.4 is 9.84 Å². The molecule has 5 rings (SSSR count). The quantitative estimate of drug-likeness (QED) is 0.602. The Labute approximate surface area is 200 Å². The Morgan fingerprint density at radius 2 is 1.88 bits per heavy atom. The molecule has 2 aromatic rings. The molecule has 170 valence electrons. The molecule has 0 aromatic heterocycles. The SMILES string of the molecule is Br.COC1=C[C@H]2[C@H]3Cc4ccc(OC)c([O-])c4[C@@]2(CC[N+]3(C)Cc2ccccc2)CC1=O. The first-order chi connectivity index (χ1) is 14.9. The Morgan fingerprint density at radius 3 is 2.56 bits per heavy atom. The average Bonchev–Trinajstić information content (AvgIpc) is 2.76. The highest BCUT2D eigenvalue weighted by molar-refractivity contribution is 8.93. The largest absolute Gasteiger partial charge is 0.870 e. The third kappa shape index (κ3) is 3.27. The molecule has 0 radical (unpaired) electrons. The number of halogens is 1. The zero-order valence-corrected chi connectivity index (χ0v) is 20.5. The molecule has 0 amide bonds. The summed E-state index contributed by atoms with van der Waals surface area (Å²) in [7, 11) is 5.42. The van der Waals surface area contributed by atoms with E-state index in [1.165, 1.54) is 12.7 Å². The zero-order valence-electron chi connectivity index (χ0n) is 18.8. The Kier molecular flexibility index (Phi) is 5.88. The normalized spacial score (nSPS) is 30.3. The van der Waals surface area contributed by atoms with Gasteiger partial charge in [-0.05, 0) is 23.3 Å². The van der Waals surface area contributed by atoms with Crippen molar-refractivity contribution in [1.82, 2.24) is 0 Å². The number of Topliss-reactive ketones (excluding diaryl/α,β-unsaturated/α-hetero) is 1. The number of ether oxygens (including phenoxy) is 2. The lowest BCUT2D eigenvalue weighted by molar-refractivity contribution is -0.956. The average molecular weight is 500 g/mol. The van der Waals surface area contributed by atoms with Crippen molar-refractivity contribution in [3.63, 3.8) is 0 Å². The van der Waals surface area contributed by atoms with Crippen LogP contribution in [0, 0.1) is 5.92 Å². The van der Waals surface area contributed by atoms with Crippen molar-refractivity contribution in [3.8, 4) is 11.5 Å². The lowest BCUT2D eigenvalue weighted by Gasteiger charge is -2.60. The Morgan fingerprint density at radius 1 is 1.12 bits per heavy atom. The van der Waals surface area contributed by atoms with E-state index in [1.807, 2.05) is 18.2 Å². The maximum absolute atomic E-state index is 13.4. The minimum absolute atomic E-state index is 0. The van der Waals surface area contributed by atoms with Crippen LogP contribution in [0.1, 0.15) is 29.5 Å². The van der Waals surface area contributed by atoms with Gasteiger partial charge in [-0.3, -0.25) is 4.79 Å². The van der Waals surface area contributed by atoms with Crippen LogP contribution in [0.25, 0.3) is 0 Å². The molecule has 32 heavy (non-hydrogen) atoms. The van der Waals surface area contributed by atoms with Gasteiger partial charge >= 0.3 is 0 Å². The molecule has 2 aromatic carbocycles. The second-order valence-corrected chi connectivity index (χ2v) is 9.52. The van der Waals surface area contributed by atoms with Crippen LogP contribution in [-0.2, 0) is 27.9 Å². The highest BCUT2D eigenvalue weighted by Crippen LogP contribution is 2.58. The van der Waals surface area contributed by atoms with E-state index in [9.17, 15) is 9.90 Å². The number of hydrogen-bond acceptors (Lipinski definition) is 4. The summed E-state index contributed by atoms with van der Waals surface area (Å²) < 4.78 is 11.7.